The highest BCUT2D eigenvalue weighted by molar-refractivity contribution is 6.30. The first-order valence-electron chi connectivity index (χ1n) is 9.90. The average molecular weight is 416 g/mol. The highest BCUT2D eigenvalue weighted by atomic mass is 35.5. The molecule has 6 nitrogen and oxygen atoms in total. The molecule has 29 heavy (non-hydrogen) atoms. The van der Waals surface area contributed by atoms with Gasteiger partial charge in [0.15, 0.2) is 0 Å². The molecule has 0 bridgehead atoms. The predicted molar refractivity (Wildman–Crippen MR) is 112 cm³/mol. The minimum absolute atomic E-state index is 0.0296. The minimum atomic E-state index is -0.256. The van der Waals surface area contributed by atoms with Gasteiger partial charge in [-0.2, -0.15) is 0 Å². The van der Waals surface area contributed by atoms with Crippen LogP contribution in [0.3, 0.4) is 0 Å². The number of ether oxygens (including phenoxy) is 1. The Morgan fingerprint density at radius 1 is 1.24 bits per heavy atom. The first-order chi connectivity index (χ1) is 14.0. The molecule has 0 unspecified atom stereocenters. The van der Waals surface area contributed by atoms with Crippen molar-refractivity contribution in [3.8, 4) is 5.75 Å². The van der Waals surface area contributed by atoms with Crippen LogP contribution in [0, 0.1) is 6.92 Å². The van der Waals surface area contributed by atoms with Gasteiger partial charge in [0.2, 0.25) is 5.91 Å². The van der Waals surface area contributed by atoms with Gasteiger partial charge in [0.25, 0.3) is 5.91 Å². The third-order valence-electron chi connectivity index (χ3n) is 5.04. The number of hydrogen-bond donors (Lipinski definition) is 1. The van der Waals surface area contributed by atoms with E-state index in [0.717, 1.165) is 24.0 Å². The van der Waals surface area contributed by atoms with Crippen LogP contribution in [0.4, 0.5) is 0 Å². The van der Waals surface area contributed by atoms with E-state index in [-0.39, 0.29) is 17.9 Å². The maximum Gasteiger partial charge on any atom is 0.270 e. The summed E-state index contributed by atoms with van der Waals surface area (Å²) in [5, 5.41) is 3.52. The highest BCUT2D eigenvalue weighted by Crippen LogP contribution is 2.23. The van der Waals surface area contributed by atoms with E-state index in [1.165, 1.54) is 0 Å². The molecule has 154 valence electrons. The summed E-state index contributed by atoms with van der Waals surface area (Å²) in [5.41, 5.74) is 2.16. The van der Waals surface area contributed by atoms with E-state index < -0.39 is 0 Å². The van der Waals surface area contributed by atoms with Gasteiger partial charge in [-0.3, -0.25) is 14.6 Å². The van der Waals surface area contributed by atoms with E-state index in [2.05, 4.69) is 10.3 Å². The zero-order valence-corrected chi connectivity index (χ0v) is 17.5. The van der Waals surface area contributed by atoms with E-state index in [0.29, 0.717) is 42.5 Å². The monoisotopic (exact) mass is 415 g/mol. The van der Waals surface area contributed by atoms with E-state index in [4.69, 9.17) is 16.3 Å². The van der Waals surface area contributed by atoms with E-state index in [9.17, 15) is 9.59 Å². The molecule has 0 spiro atoms. The summed E-state index contributed by atoms with van der Waals surface area (Å²) in [6, 6.07) is 9.01. The number of aryl methyl sites for hydroxylation is 1. The van der Waals surface area contributed by atoms with Crippen molar-refractivity contribution in [2.75, 3.05) is 13.1 Å². The number of benzene rings is 1. The van der Waals surface area contributed by atoms with Gasteiger partial charge in [-0.15, -0.1) is 0 Å². The summed E-state index contributed by atoms with van der Waals surface area (Å²) in [4.78, 5) is 30.4. The Morgan fingerprint density at radius 3 is 2.59 bits per heavy atom. The van der Waals surface area contributed by atoms with Crippen LogP contribution in [0.25, 0.3) is 0 Å². The molecule has 2 amide bonds. The molecular formula is C22H26ClN3O3. The molecule has 0 saturated carbocycles. The van der Waals surface area contributed by atoms with Crippen LogP contribution < -0.4 is 10.1 Å². The number of nitrogens with zero attached hydrogens (tertiary/aromatic N) is 2. The molecule has 2 heterocycles. The Bertz CT molecular complexity index is 862. The van der Waals surface area contributed by atoms with Crippen molar-refractivity contribution in [3.63, 3.8) is 0 Å². The van der Waals surface area contributed by atoms with Crippen LogP contribution in [-0.2, 0) is 11.3 Å². The molecule has 7 heteroatoms. The minimum Gasteiger partial charge on any atom is -0.490 e. The summed E-state index contributed by atoms with van der Waals surface area (Å²) < 4.78 is 6.14. The molecule has 1 aliphatic heterocycles. The summed E-state index contributed by atoms with van der Waals surface area (Å²) in [6.07, 6.45) is 3.78. The first-order valence-corrected chi connectivity index (χ1v) is 10.3. The lowest BCUT2D eigenvalue weighted by Crippen LogP contribution is -2.41. The number of pyridine rings is 1. The van der Waals surface area contributed by atoms with Crippen molar-refractivity contribution < 1.29 is 14.3 Å². The van der Waals surface area contributed by atoms with Gasteiger partial charge in [0.1, 0.15) is 17.5 Å². The molecule has 0 atom stereocenters. The molecule has 1 N–H and O–H groups in total. The summed E-state index contributed by atoms with van der Waals surface area (Å²) >= 11 is 5.88. The normalized spacial score (nSPS) is 14.5. The number of carbonyl (C=O) groups excluding carboxylic acids is 2. The molecule has 1 saturated heterocycles. The van der Waals surface area contributed by atoms with Gasteiger partial charge in [-0.05, 0) is 24.6 Å². The van der Waals surface area contributed by atoms with E-state index in [1.807, 2.05) is 30.9 Å². The van der Waals surface area contributed by atoms with Gasteiger partial charge in [-0.1, -0.05) is 30.7 Å². The maximum absolute atomic E-state index is 12.5. The lowest BCUT2D eigenvalue weighted by Gasteiger charge is -2.32. The largest absolute Gasteiger partial charge is 0.490 e. The van der Waals surface area contributed by atoms with Gasteiger partial charge >= 0.3 is 0 Å². The van der Waals surface area contributed by atoms with Gasteiger partial charge < -0.3 is 15.0 Å². The summed E-state index contributed by atoms with van der Waals surface area (Å²) in [6.45, 7) is 5.59. The standard InChI is InChI=1S/C22H26ClN3O3/c1-3-21(27)26-10-8-18(9-11-26)29-20-12-19(24-13-15(20)2)22(28)25-14-16-4-6-17(23)7-5-16/h4-7,12-13,18H,3,8-11,14H2,1-2H3,(H,25,28). The fourth-order valence-electron chi connectivity index (χ4n) is 3.26. The van der Waals surface area contributed by atoms with Gasteiger partial charge in [-0.25, -0.2) is 0 Å². The molecule has 1 aliphatic rings. The number of aromatic nitrogens is 1. The first kappa shape index (κ1) is 21.1. The van der Waals surface area contributed by atoms with Gasteiger partial charge in [0.05, 0.1) is 0 Å². The van der Waals surface area contributed by atoms with E-state index in [1.54, 1.807) is 24.4 Å². The molecule has 2 aromatic rings. The Labute approximate surface area is 176 Å². The molecule has 3 rings (SSSR count). The number of carbonyl (C=O) groups is 2. The number of piperidine rings is 1. The Morgan fingerprint density at radius 2 is 1.93 bits per heavy atom. The second kappa shape index (κ2) is 9.74. The van der Waals surface area contributed by atoms with Crippen molar-refractivity contribution in [1.82, 2.24) is 15.2 Å². The Balaban J connectivity index is 1.58. The lowest BCUT2D eigenvalue weighted by atomic mass is 10.1. The topological polar surface area (TPSA) is 71.5 Å². The van der Waals surface area contributed by atoms with Gasteiger partial charge in [0, 0.05) is 61.7 Å². The van der Waals surface area contributed by atoms with Crippen LogP contribution in [-0.4, -0.2) is 40.9 Å². The molecule has 0 aliphatic carbocycles. The third kappa shape index (κ3) is 5.70. The number of likely N-dealkylation sites (tertiary alicyclic amines) is 1. The second-order valence-corrected chi connectivity index (χ2v) is 7.63. The number of nitrogens with one attached hydrogen (secondary N) is 1. The third-order valence-corrected chi connectivity index (χ3v) is 5.30. The van der Waals surface area contributed by atoms with Crippen molar-refractivity contribution in [3.05, 3.63) is 58.4 Å². The van der Waals surface area contributed by atoms with Crippen molar-refractivity contribution in [1.29, 1.82) is 0 Å². The van der Waals surface area contributed by atoms with Crippen molar-refractivity contribution in [2.45, 2.75) is 45.8 Å². The number of amides is 2. The fraction of sp³-hybridized carbons (Fsp3) is 0.409. The SMILES string of the molecule is CCC(=O)N1CCC(Oc2cc(C(=O)NCc3ccc(Cl)cc3)ncc2C)CC1. The number of halogens is 1. The number of rotatable bonds is 6. The molecule has 1 fully saturated rings. The average Bonchev–Trinajstić information content (AvgIpc) is 2.74. The zero-order chi connectivity index (χ0) is 20.8. The van der Waals surface area contributed by atoms with Crippen LogP contribution >= 0.6 is 11.6 Å². The van der Waals surface area contributed by atoms with Crippen LogP contribution in [0.1, 0.15) is 47.8 Å². The molecular weight excluding hydrogens is 390 g/mol. The summed E-state index contributed by atoms with van der Waals surface area (Å²) in [7, 11) is 0. The lowest BCUT2D eigenvalue weighted by molar-refractivity contribution is -0.132. The van der Waals surface area contributed by atoms with Crippen molar-refractivity contribution in [2.24, 2.45) is 0 Å². The highest BCUT2D eigenvalue weighted by Gasteiger charge is 2.23. The van der Waals surface area contributed by atoms with E-state index >= 15 is 0 Å². The predicted octanol–water partition coefficient (Wildman–Crippen LogP) is 3.75. The quantitative estimate of drug-likeness (QED) is 0.779. The molecule has 1 aromatic carbocycles. The Kier molecular flexibility index (Phi) is 7.09. The van der Waals surface area contributed by atoms with Crippen LogP contribution in [0.2, 0.25) is 5.02 Å². The molecule has 0 radical (unpaired) electrons. The van der Waals surface area contributed by atoms with Crippen LogP contribution in [0.5, 0.6) is 5.75 Å². The summed E-state index contributed by atoms with van der Waals surface area (Å²) in [5.74, 6) is 0.591. The zero-order valence-electron chi connectivity index (χ0n) is 16.8. The smallest absolute Gasteiger partial charge is 0.270 e. The maximum atomic E-state index is 12.5. The van der Waals surface area contributed by atoms with Crippen molar-refractivity contribution >= 4 is 23.4 Å². The fourth-order valence-corrected chi connectivity index (χ4v) is 3.38. The van der Waals surface area contributed by atoms with Crippen LogP contribution in [0.15, 0.2) is 36.5 Å². The molecule has 1 aromatic heterocycles. The Hall–Kier alpha value is -2.60. The number of hydrogen-bond acceptors (Lipinski definition) is 4. The second-order valence-electron chi connectivity index (χ2n) is 7.20.